The molecule has 0 spiro atoms. The number of nitrogens with one attached hydrogen (secondary N) is 1. The largest absolute Gasteiger partial charge is 0.459 e. The van der Waals surface area contributed by atoms with E-state index in [2.05, 4.69) is 11.4 Å². The number of furan rings is 1. The first kappa shape index (κ1) is 13.8. The fraction of sp³-hybridized carbons (Fsp3) is 0.357. The van der Waals surface area contributed by atoms with Gasteiger partial charge in [0, 0.05) is 18.0 Å². The zero-order chi connectivity index (χ0) is 13.5. The molecular formula is C14H17NO3S. The Morgan fingerprint density at radius 2 is 2.26 bits per heavy atom. The number of aliphatic hydroxyl groups excluding tert-OH is 1. The Bertz CT molecular complexity index is 479. The van der Waals surface area contributed by atoms with E-state index in [0.717, 1.165) is 12.8 Å². The summed E-state index contributed by atoms with van der Waals surface area (Å²) in [6, 6.07) is 7.40. The standard InChI is InChI=1S/C14H17NO3S/c16-8-6-11(13-4-2-10-19-13)5-7-15-14(17)12-3-1-9-18-12/h1-4,9-11,16H,5-8H2,(H,15,17)/t11-/m1/s1. The summed E-state index contributed by atoms with van der Waals surface area (Å²) in [5.74, 6) is 0.427. The molecule has 2 heterocycles. The molecule has 0 unspecified atom stereocenters. The van der Waals surface area contributed by atoms with Crippen molar-refractivity contribution in [2.24, 2.45) is 0 Å². The third-order valence-electron chi connectivity index (χ3n) is 2.95. The molecule has 0 bridgehead atoms. The lowest BCUT2D eigenvalue weighted by atomic mass is 10.00. The quantitative estimate of drug-likeness (QED) is 0.819. The van der Waals surface area contributed by atoms with Gasteiger partial charge >= 0.3 is 0 Å². The van der Waals surface area contributed by atoms with Gasteiger partial charge in [0.15, 0.2) is 5.76 Å². The first-order valence-corrected chi connectivity index (χ1v) is 7.15. The summed E-state index contributed by atoms with van der Waals surface area (Å²) in [6.45, 7) is 0.733. The van der Waals surface area contributed by atoms with Crippen molar-refractivity contribution in [1.29, 1.82) is 0 Å². The molecule has 1 atom stereocenters. The van der Waals surface area contributed by atoms with Crippen molar-refractivity contribution in [1.82, 2.24) is 5.32 Å². The van der Waals surface area contributed by atoms with E-state index in [-0.39, 0.29) is 12.5 Å². The molecule has 2 aromatic heterocycles. The van der Waals surface area contributed by atoms with Crippen LogP contribution in [0, 0.1) is 0 Å². The molecule has 19 heavy (non-hydrogen) atoms. The van der Waals surface area contributed by atoms with Gasteiger partial charge in [-0.2, -0.15) is 0 Å². The molecule has 0 aromatic carbocycles. The van der Waals surface area contributed by atoms with Crippen LogP contribution in [0.5, 0.6) is 0 Å². The molecule has 2 aromatic rings. The minimum Gasteiger partial charge on any atom is -0.459 e. The highest BCUT2D eigenvalue weighted by Gasteiger charge is 2.13. The third-order valence-corrected chi connectivity index (χ3v) is 3.98. The monoisotopic (exact) mass is 279 g/mol. The number of carbonyl (C=O) groups is 1. The fourth-order valence-corrected chi connectivity index (χ4v) is 2.86. The van der Waals surface area contributed by atoms with E-state index < -0.39 is 0 Å². The fourth-order valence-electron chi connectivity index (χ4n) is 1.96. The minimum absolute atomic E-state index is 0.161. The highest BCUT2D eigenvalue weighted by molar-refractivity contribution is 7.10. The van der Waals surface area contributed by atoms with E-state index in [1.807, 2.05) is 11.4 Å². The Labute approximate surface area is 116 Å². The average Bonchev–Trinajstić information content (AvgIpc) is 3.10. The molecule has 0 saturated carbocycles. The molecule has 0 aliphatic rings. The molecule has 5 heteroatoms. The summed E-state index contributed by atoms with van der Waals surface area (Å²) in [4.78, 5) is 12.9. The van der Waals surface area contributed by atoms with Crippen molar-refractivity contribution in [3.05, 3.63) is 46.5 Å². The number of hydrogen-bond acceptors (Lipinski definition) is 4. The first-order valence-electron chi connectivity index (χ1n) is 6.27. The normalized spacial score (nSPS) is 12.3. The summed E-state index contributed by atoms with van der Waals surface area (Å²) < 4.78 is 5.02. The van der Waals surface area contributed by atoms with Crippen LogP contribution in [0.2, 0.25) is 0 Å². The zero-order valence-corrected chi connectivity index (χ0v) is 11.4. The number of thiophene rings is 1. The molecule has 0 saturated heterocycles. The van der Waals surface area contributed by atoms with E-state index in [1.54, 1.807) is 23.5 Å². The molecule has 4 nitrogen and oxygen atoms in total. The Morgan fingerprint density at radius 1 is 1.37 bits per heavy atom. The predicted molar refractivity (Wildman–Crippen MR) is 74.4 cm³/mol. The highest BCUT2D eigenvalue weighted by atomic mass is 32.1. The summed E-state index contributed by atoms with van der Waals surface area (Å²) in [6.07, 6.45) is 3.01. The first-order chi connectivity index (χ1) is 9.31. The van der Waals surface area contributed by atoms with Gasteiger partial charge in [-0.15, -0.1) is 11.3 Å². The van der Waals surface area contributed by atoms with E-state index in [9.17, 15) is 4.79 Å². The molecule has 1 amide bonds. The molecule has 2 rings (SSSR count). The highest BCUT2D eigenvalue weighted by Crippen LogP contribution is 2.26. The van der Waals surface area contributed by atoms with Gasteiger partial charge in [0.2, 0.25) is 0 Å². The Hall–Kier alpha value is -1.59. The lowest BCUT2D eigenvalue weighted by molar-refractivity contribution is 0.0924. The second-order valence-electron chi connectivity index (χ2n) is 4.25. The van der Waals surface area contributed by atoms with Crippen molar-refractivity contribution >= 4 is 17.2 Å². The van der Waals surface area contributed by atoms with Gasteiger partial charge in [0.25, 0.3) is 5.91 Å². The van der Waals surface area contributed by atoms with Gasteiger partial charge in [0.05, 0.1) is 6.26 Å². The van der Waals surface area contributed by atoms with Gasteiger partial charge in [-0.25, -0.2) is 0 Å². The van der Waals surface area contributed by atoms with Crippen molar-refractivity contribution in [3.8, 4) is 0 Å². The number of hydrogen-bond donors (Lipinski definition) is 2. The molecule has 2 N–H and O–H groups in total. The Kier molecular flexibility index (Phi) is 5.18. The van der Waals surface area contributed by atoms with Crippen LogP contribution in [0.25, 0.3) is 0 Å². The lowest BCUT2D eigenvalue weighted by Gasteiger charge is -2.14. The van der Waals surface area contributed by atoms with Gasteiger partial charge in [-0.3, -0.25) is 4.79 Å². The molecule has 0 radical (unpaired) electrons. The van der Waals surface area contributed by atoms with Crippen LogP contribution >= 0.6 is 11.3 Å². The topological polar surface area (TPSA) is 62.5 Å². The summed E-state index contributed by atoms with van der Waals surface area (Å²) in [5, 5.41) is 14.0. The smallest absolute Gasteiger partial charge is 0.286 e. The Balaban J connectivity index is 1.81. The van der Waals surface area contributed by atoms with Crippen molar-refractivity contribution in [2.75, 3.05) is 13.2 Å². The van der Waals surface area contributed by atoms with Crippen LogP contribution in [-0.2, 0) is 0 Å². The van der Waals surface area contributed by atoms with Gasteiger partial charge in [0.1, 0.15) is 0 Å². The van der Waals surface area contributed by atoms with Crippen LogP contribution in [0.4, 0.5) is 0 Å². The van der Waals surface area contributed by atoms with Gasteiger partial charge < -0.3 is 14.8 Å². The van der Waals surface area contributed by atoms with Gasteiger partial charge in [-0.1, -0.05) is 6.07 Å². The molecule has 0 aliphatic heterocycles. The molecule has 0 aliphatic carbocycles. The molecular weight excluding hydrogens is 262 g/mol. The SMILES string of the molecule is O=C(NCC[C@H](CCO)c1cccs1)c1ccco1. The lowest BCUT2D eigenvalue weighted by Crippen LogP contribution is -2.25. The maximum Gasteiger partial charge on any atom is 0.286 e. The summed E-state index contributed by atoms with van der Waals surface area (Å²) in [7, 11) is 0. The third kappa shape index (κ3) is 3.94. The van der Waals surface area contributed by atoms with E-state index in [1.165, 1.54) is 11.1 Å². The average molecular weight is 279 g/mol. The number of amides is 1. The van der Waals surface area contributed by atoms with E-state index in [0.29, 0.717) is 18.2 Å². The zero-order valence-electron chi connectivity index (χ0n) is 10.5. The molecule has 0 fully saturated rings. The second-order valence-corrected chi connectivity index (χ2v) is 5.23. The number of rotatable bonds is 7. The molecule has 102 valence electrons. The summed E-state index contributed by atoms with van der Waals surface area (Å²) in [5.41, 5.74) is 0. The van der Waals surface area contributed by atoms with E-state index >= 15 is 0 Å². The Morgan fingerprint density at radius 3 is 2.89 bits per heavy atom. The minimum atomic E-state index is -0.195. The van der Waals surface area contributed by atoms with Gasteiger partial charge in [-0.05, 0) is 42.3 Å². The van der Waals surface area contributed by atoms with Crippen molar-refractivity contribution in [2.45, 2.75) is 18.8 Å². The van der Waals surface area contributed by atoms with Crippen LogP contribution in [0.1, 0.15) is 34.2 Å². The van der Waals surface area contributed by atoms with Crippen LogP contribution in [0.3, 0.4) is 0 Å². The number of carbonyl (C=O) groups excluding carboxylic acids is 1. The summed E-state index contributed by atoms with van der Waals surface area (Å²) >= 11 is 1.69. The number of aliphatic hydroxyl groups is 1. The van der Waals surface area contributed by atoms with Crippen LogP contribution in [0.15, 0.2) is 40.3 Å². The van der Waals surface area contributed by atoms with Crippen LogP contribution < -0.4 is 5.32 Å². The second kappa shape index (κ2) is 7.11. The van der Waals surface area contributed by atoms with Crippen LogP contribution in [-0.4, -0.2) is 24.2 Å². The van der Waals surface area contributed by atoms with Crippen molar-refractivity contribution < 1.29 is 14.3 Å². The predicted octanol–water partition coefficient (Wildman–Crippen LogP) is 2.63. The maximum atomic E-state index is 11.7. The van der Waals surface area contributed by atoms with Crippen molar-refractivity contribution in [3.63, 3.8) is 0 Å². The maximum absolute atomic E-state index is 11.7. The van der Waals surface area contributed by atoms with E-state index in [4.69, 9.17) is 9.52 Å².